The molecule has 21 heavy (non-hydrogen) atoms. The summed E-state index contributed by atoms with van der Waals surface area (Å²) in [6, 6.07) is 11.4. The van der Waals surface area contributed by atoms with Crippen LogP contribution in [0.4, 0.5) is 11.4 Å². The summed E-state index contributed by atoms with van der Waals surface area (Å²) in [7, 11) is -2.49. The van der Waals surface area contributed by atoms with E-state index in [4.69, 9.17) is 4.74 Å². The third-order valence-corrected chi connectivity index (χ3v) is 4.07. The lowest BCUT2D eigenvalue weighted by molar-refractivity contribution is -0.384. The van der Waals surface area contributed by atoms with Crippen molar-refractivity contribution in [2.75, 3.05) is 11.8 Å². The molecule has 0 bridgehead atoms. The number of sulfonamides is 1. The summed E-state index contributed by atoms with van der Waals surface area (Å²) in [5, 5.41) is 10.8. The van der Waals surface area contributed by atoms with Gasteiger partial charge >= 0.3 is 0 Å². The predicted molar refractivity (Wildman–Crippen MR) is 76.9 cm³/mol. The van der Waals surface area contributed by atoms with E-state index in [1.54, 1.807) is 18.2 Å². The number of anilines is 1. The smallest absolute Gasteiger partial charge is 0.271 e. The molecule has 2 aromatic carbocycles. The molecule has 0 saturated heterocycles. The van der Waals surface area contributed by atoms with E-state index in [2.05, 4.69) is 4.72 Å². The number of methoxy groups -OCH3 is 1. The Morgan fingerprint density at radius 3 is 2.38 bits per heavy atom. The number of non-ortho nitro benzene ring substituents is 1. The highest BCUT2D eigenvalue weighted by atomic mass is 32.2. The Morgan fingerprint density at radius 2 is 1.81 bits per heavy atom. The van der Waals surface area contributed by atoms with E-state index < -0.39 is 14.9 Å². The van der Waals surface area contributed by atoms with Gasteiger partial charge in [0.2, 0.25) is 0 Å². The summed E-state index contributed by atoms with van der Waals surface area (Å²) in [6.07, 6.45) is 0. The SMILES string of the molecule is COc1ccc([N+](=O)[O-])cc1NS(=O)(=O)c1ccccc1. The van der Waals surface area contributed by atoms with Crippen molar-refractivity contribution in [2.45, 2.75) is 4.90 Å². The molecule has 7 nitrogen and oxygen atoms in total. The van der Waals surface area contributed by atoms with Gasteiger partial charge in [-0.25, -0.2) is 8.42 Å². The lowest BCUT2D eigenvalue weighted by Crippen LogP contribution is -2.13. The number of nitro benzene ring substituents is 1. The lowest BCUT2D eigenvalue weighted by atomic mass is 10.2. The molecular formula is C13H12N2O5S. The molecule has 0 saturated carbocycles. The molecule has 0 aliphatic rings. The van der Waals surface area contributed by atoms with Crippen molar-refractivity contribution in [2.24, 2.45) is 0 Å². The Morgan fingerprint density at radius 1 is 1.14 bits per heavy atom. The summed E-state index contributed by atoms with van der Waals surface area (Å²) in [5.41, 5.74) is -0.225. The highest BCUT2D eigenvalue weighted by Crippen LogP contribution is 2.30. The standard InChI is InChI=1S/C13H12N2O5S/c1-20-13-8-7-10(15(16)17)9-12(13)14-21(18,19)11-5-3-2-4-6-11/h2-9,14H,1H3. The first-order valence-electron chi connectivity index (χ1n) is 5.84. The zero-order valence-electron chi connectivity index (χ0n) is 11.0. The molecule has 0 radical (unpaired) electrons. The minimum absolute atomic E-state index is 0.00977. The van der Waals surface area contributed by atoms with E-state index in [9.17, 15) is 18.5 Å². The van der Waals surface area contributed by atoms with Crippen LogP contribution in [0.25, 0.3) is 0 Å². The maximum atomic E-state index is 12.2. The summed E-state index contributed by atoms with van der Waals surface area (Å²) in [5.74, 6) is 0.195. The molecule has 8 heteroatoms. The van der Waals surface area contributed by atoms with Gasteiger partial charge in [-0.15, -0.1) is 0 Å². The molecule has 0 fully saturated rings. The zero-order chi connectivity index (χ0) is 15.5. The molecule has 0 aliphatic heterocycles. The van der Waals surface area contributed by atoms with E-state index in [1.165, 1.54) is 31.4 Å². The molecule has 0 amide bonds. The van der Waals surface area contributed by atoms with Crippen LogP contribution in [0.1, 0.15) is 0 Å². The van der Waals surface area contributed by atoms with Crippen LogP contribution >= 0.6 is 0 Å². The number of hydrogen-bond acceptors (Lipinski definition) is 5. The molecule has 0 unspecified atom stereocenters. The number of nitrogens with zero attached hydrogens (tertiary/aromatic N) is 1. The second kappa shape index (κ2) is 5.80. The van der Waals surface area contributed by atoms with Crippen LogP contribution < -0.4 is 9.46 Å². The maximum absolute atomic E-state index is 12.2. The monoisotopic (exact) mass is 308 g/mol. The van der Waals surface area contributed by atoms with Gasteiger partial charge in [-0.3, -0.25) is 14.8 Å². The van der Waals surface area contributed by atoms with E-state index >= 15 is 0 Å². The van der Waals surface area contributed by atoms with E-state index in [1.807, 2.05) is 0 Å². The maximum Gasteiger partial charge on any atom is 0.271 e. The molecular weight excluding hydrogens is 296 g/mol. The van der Waals surface area contributed by atoms with Crippen molar-refractivity contribution in [3.8, 4) is 5.75 Å². The fourth-order valence-corrected chi connectivity index (χ4v) is 2.77. The van der Waals surface area contributed by atoms with E-state index in [-0.39, 0.29) is 22.0 Å². The third kappa shape index (κ3) is 3.29. The summed E-state index contributed by atoms with van der Waals surface area (Å²) >= 11 is 0. The van der Waals surface area contributed by atoms with Gasteiger partial charge in [0.15, 0.2) is 0 Å². The van der Waals surface area contributed by atoms with Gasteiger partial charge in [0.05, 0.1) is 22.6 Å². The Bertz CT molecular complexity index is 759. The molecule has 110 valence electrons. The molecule has 2 rings (SSSR count). The van der Waals surface area contributed by atoms with Crippen LogP contribution in [0.5, 0.6) is 5.75 Å². The van der Waals surface area contributed by atoms with Gasteiger partial charge in [-0.05, 0) is 18.2 Å². The summed E-state index contributed by atoms with van der Waals surface area (Å²) < 4.78 is 31.7. The van der Waals surface area contributed by atoms with E-state index in [0.29, 0.717) is 0 Å². The van der Waals surface area contributed by atoms with Crippen LogP contribution in [0.15, 0.2) is 53.4 Å². The average molecular weight is 308 g/mol. The fraction of sp³-hybridized carbons (Fsp3) is 0.0769. The van der Waals surface area contributed by atoms with Crippen molar-refractivity contribution in [1.82, 2.24) is 0 Å². The van der Waals surface area contributed by atoms with Gasteiger partial charge < -0.3 is 4.74 Å². The second-order valence-corrected chi connectivity index (χ2v) is 5.74. The minimum atomic E-state index is -3.84. The van der Waals surface area contributed by atoms with Crippen molar-refractivity contribution >= 4 is 21.4 Å². The number of ether oxygens (including phenoxy) is 1. The Hall–Kier alpha value is -2.61. The van der Waals surface area contributed by atoms with Crippen LogP contribution in [-0.4, -0.2) is 20.5 Å². The number of hydrogen-bond donors (Lipinski definition) is 1. The topological polar surface area (TPSA) is 98.5 Å². The number of benzene rings is 2. The number of nitrogens with one attached hydrogen (secondary N) is 1. The van der Waals surface area contributed by atoms with Crippen LogP contribution in [0, 0.1) is 10.1 Å². The number of rotatable bonds is 5. The zero-order valence-corrected chi connectivity index (χ0v) is 11.8. The van der Waals surface area contributed by atoms with Crippen molar-refractivity contribution in [1.29, 1.82) is 0 Å². The first-order valence-corrected chi connectivity index (χ1v) is 7.32. The highest BCUT2D eigenvalue weighted by molar-refractivity contribution is 7.92. The van der Waals surface area contributed by atoms with Crippen molar-refractivity contribution in [3.05, 3.63) is 58.6 Å². The molecule has 0 aromatic heterocycles. The van der Waals surface area contributed by atoms with Gasteiger partial charge in [0.25, 0.3) is 15.7 Å². The molecule has 0 atom stereocenters. The Labute approximate surface area is 121 Å². The average Bonchev–Trinajstić information content (AvgIpc) is 2.47. The van der Waals surface area contributed by atoms with Gasteiger partial charge in [-0.1, -0.05) is 18.2 Å². The largest absolute Gasteiger partial charge is 0.495 e. The Balaban J connectivity index is 2.43. The Kier molecular flexibility index (Phi) is 4.08. The second-order valence-electron chi connectivity index (χ2n) is 4.06. The molecule has 2 aromatic rings. The lowest BCUT2D eigenvalue weighted by Gasteiger charge is -2.11. The first-order chi connectivity index (χ1) is 9.94. The fourth-order valence-electron chi connectivity index (χ4n) is 1.69. The predicted octanol–water partition coefficient (Wildman–Crippen LogP) is 2.40. The van der Waals surface area contributed by atoms with Crippen molar-refractivity contribution in [3.63, 3.8) is 0 Å². The van der Waals surface area contributed by atoms with Crippen molar-refractivity contribution < 1.29 is 18.1 Å². The van der Waals surface area contributed by atoms with E-state index in [0.717, 1.165) is 6.07 Å². The minimum Gasteiger partial charge on any atom is -0.495 e. The molecule has 0 aliphatic carbocycles. The highest BCUT2D eigenvalue weighted by Gasteiger charge is 2.18. The van der Waals surface area contributed by atoms with Crippen LogP contribution in [0.3, 0.4) is 0 Å². The van der Waals surface area contributed by atoms with Gasteiger partial charge in [0, 0.05) is 12.1 Å². The molecule has 0 spiro atoms. The first kappa shape index (κ1) is 14.8. The summed E-state index contributed by atoms with van der Waals surface area (Å²) in [6.45, 7) is 0. The normalized spacial score (nSPS) is 10.9. The molecule has 1 N–H and O–H groups in total. The summed E-state index contributed by atoms with van der Waals surface area (Å²) in [4.78, 5) is 10.2. The number of nitro groups is 1. The van der Waals surface area contributed by atoms with Crippen LogP contribution in [0.2, 0.25) is 0 Å². The molecule has 0 heterocycles. The van der Waals surface area contributed by atoms with Gasteiger partial charge in [0.1, 0.15) is 5.75 Å². The third-order valence-electron chi connectivity index (χ3n) is 2.69. The quantitative estimate of drug-likeness (QED) is 0.675. The van der Waals surface area contributed by atoms with Crippen LogP contribution in [-0.2, 0) is 10.0 Å². The van der Waals surface area contributed by atoms with Gasteiger partial charge in [-0.2, -0.15) is 0 Å².